The van der Waals surface area contributed by atoms with Crippen molar-refractivity contribution in [2.75, 3.05) is 13.1 Å². The molecule has 0 aliphatic carbocycles. The van der Waals surface area contributed by atoms with Crippen molar-refractivity contribution in [1.29, 1.82) is 0 Å². The highest BCUT2D eigenvalue weighted by molar-refractivity contribution is 4.63. The first kappa shape index (κ1) is 26.0. The fourth-order valence-electron chi connectivity index (χ4n) is 3.88. The van der Waals surface area contributed by atoms with Crippen LogP contribution in [-0.4, -0.2) is 24.0 Å². The molecule has 0 saturated carbocycles. The van der Waals surface area contributed by atoms with Gasteiger partial charge in [-0.1, -0.05) is 117 Å². The minimum atomic E-state index is 0.720. The SMILES string of the molecule is CCCCCCCCCCCCN(CCCCCCCCCC)C(C)C. The molecule has 0 aliphatic rings. The number of hydrogen-bond donors (Lipinski definition) is 0. The van der Waals surface area contributed by atoms with Crippen molar-refractivity contribution >= 4 is 0 Å². The van der Waals surface area contributed by atoms with Crippen molar-refractivity contribution in [2.45, 2.75) is 149 Å². The summed E-state index contributed by atoms with van der Waals surface area (Å²) in [5.74, 6) is 0. The Labute approximate surface area is 167 Å². The van der Waals surface area contributed by atoms with Crippen LogP contribution in [0.5, 0.6) is 0 Å². The van der Waals surface area contributed by atoms with E-state index in [0.29, 0.717) is 0 Å². The van der Waals surface area contributed by atoms with Gasteiger partial charge in [0, 0.05) is 6.04 Å². The van der Waals surface area contributed by atoms with Gasteiger partial charge >= 0.3 is 0 Å². The molecule has 1 nitrogen and oxygen atoms in total. The smallest absolute Gasteiger partial charge is 0.00385 e. The lowest BCUT2D eigenvalue weighted by Crippen LogP contribution is -2.32. The Morgan fingerprint density at radius 1 is 0.423 bits per heavy atom. The van der Waals surface area contributed by atoms with Crippen LogP contribution in [0.4, 0.5) is 0 Å². The van der Waals surface area contributed by atoms with Crippen molar-refractivity contribution in [3.8, 4) is 0 Å². The Balaban J connectivity index is 3.45. The van der Waals surface area contributed by atoms with E-state index < -0.39 is 0 Å². The topological polar surface area (TPSA) is 3.24 Å². The molecule has 0 unspecified atom stereocenters. The molecular weight excluding hydrogens is 314 g/mol. The standard InChI is InChI=1S/C25H53N/c1-5-7-9-11-13-15-16-18-20-22-24-26(25(3)4)23-21-19-17-14-12-10-8-6-2/h25H,5-24H2,1-4H3. The molecule has 158 valence electrons. The number of nitrogens with zero attached hydrogens (tertiary/aromatic N) is 1. The fourth-order valence-corrected chi connectivity index (χ4v) is 3.88. The lowest BCUT2D eigenvalue weighted by atomic mass is 10.1. The Hall–Kier alpha value is -0.0400. The molecule has 0 aromatic rings. The van der Waals surface area contributed by atoms with E-state index in [1.54, 1.807) is 0 Å². The van der Waals surface area contributed by atoms with Crippen LogP contribution in [0.1, 0.15) is 143 Å². The minimum absolute atomic E-state index is 0.720. The lowest BCUT2D eigenvalue weighted by molar-refractivity contribution is 0.211. The van der Waals surface area contributed by atoms with Gasteiger partial charge in [-0.25, -0.2) is 0 Å². The fraction of sp³-hybridized carbons (Fsp3) is 1.00. The van der Waals surface area contributed by atoms with E-state index in [9.17, 15) is 0 Å². The van der Waals surface area contributed by atoms with Crippen molar-refractivity contribution < 1.29 is 0 Å². The second-order valence-corrected chi connectivity index (χ2v) is 8.79. The van der Waals surface area contributed by atoms with Gasteiger partial charge in [0.05, 0.1) is 0 Å². The van der Waals surface area contributed by atoms with Crippen molar-refractivity contribution in [3.63, 3.8) is 0 Å². The van der Waals surface area contributed by atoms with E-state index in [0.717, 1.165) is 6.04 Å². The van der Waals surface area contributed by atoms with E-state index >= 15 is 0 Å². The van der Waals surface area contributed by atoms with Gasteiger partial charge in [0.15, 0.2) is 0 Å². The Morgan fingerprint density at radius 3 is 0.962 bits per heavy atom. The summed E-state index contributed by atoms with van der Waals surface area (Å²) < 4.78 is 0. The maximum atomic E-state index is 2.72. The highest BCUT2D eigenvalue weighted by atomic mass is 15.1. The first-order valence-electron chi connectivity index (χ1n) is 12.5. The van der Waals surface area contributed by atoms with E-state index in [1.165, 1.54) is 129 Å². The summed E-state index contributed by atoms with van der Waals surface area (Å²) in [6.45, 7) is 12.0. The highest BCUT2D eigenvalue weighted by Gasteiger charge is 2.08. The maximum absolute atomic E-state index is 2.72. The molecule has 0 amide bonds. The van der Waals surface area contributed by atoms with Crippen LogP contribution in [0.25, 0.3) is 0 Å². The molecular formula is C25H53N. The molecule has 26 heavy (non-hydrogen) atoms. The molecule has 0 spiro atoms. The van der Waals surface area contributed by atoms with Crippen LogP contribution in [0, 0.1) is 0 Å². The lowest BCUT2D eigenvalue weighted by Gasteiger charge is -2.26. The van der Waals surface area contributed by atoms with Crippen LogP contribution in [0.2, 0.25) is 0 Å². The molecule has 1 heteroatoms. The van der Waals surface area contributed by atoms with E-state index in [2.05, 4.69) is 32.6 Å². The molecule has 0 heterocycles. The summed E-state index contributed by atoms with van der Waals surface area (Å²) in [6, 6.07) is 0.720. The predicted octanol–water partition coefficient (Wildman–Crippen LogP) is 8.76. The molecule has 0 saturated heterocycles. The third-order valence-corrected chi connectivity index (χ3v) is 5.83. The molecule has 0 atom stereocenters. The van der Waals surface area contributed by atoms with Gasteiger partial charge < -0.3 is 4.90 Å². The third kappa shape index (κ3) is 18.7. The van der Waals surface area contributed by atoms with E-state index in [-0.39, 0.29) is 0 Å². The first-order chi connectivity index (χ1) is 12.7. The van der Waals surface area contributed by atoms with Crippen molar-refractivity contribution in [3.05, 3.63) is 0 Å². The molecule has 0 N–H and O–H groups in total. The van der Waals surface area contributed by atoms with Gasteiger partial charge in [-0.2, -0.15) is 0 Å². The summed E-state index contributed by atoms with van der Waals surface area (Å²) in [4.78, 5) is 2.72. The molecule has 0 aromatic carbocycles. The van der Waals surface area contributed by atoms with Gasteiger partial charge in [-0.15, -0.1) is 0 Å². The number of unbranched alkanes of at least 4 members (excludes halogenated alkanes) is 16. The minimum Gasteiger partial charge on any atom is -0.301 e. The average molecular weight is 368 g/mol. The number of rotatable bonds is 21. The summed E-state index contributed by atoms with van der Waals surface area (Å²) >= 11 is 0. The van der Waals surface area contributed by atoms with Gasteiger partial charge in [0.2, 0.25) is 0 Å². The predicted molar refractivity (Wildman–Crippen MR) is 121 cm³/mol. The molecule has 0 rings (SSSR count). The highest BCUT2D eigenvalue weighted by Crippen LogP contribution is 2.13. The van der Waals surface area contributed by atoms with Crippen LogP contribution in [0.15, 0.2) is 0 Å². The van der Waals surface area contributed by atoms with E-state index in [1.807, 2.05) is 0 Å². The molecule has 0 fully saturated rings. The van der Waals surface area contributed by atoms with Crippen molar-refractivity contribution in [1.82, 2.24) is 4.90 Å². The molecule has 0 aliphatic heterocycles. The van der Waals surface area contributed by atoms with Crippen LogP contribution >= 0.6 is 0 Å². The molecule has 0 aromatic heterocycles. The second-order valence-electron chi connectivity index (χ2n) is 8.79. The third-order valence-electron chi connectivity index (χ3n) is 5.83. The van der Waals surface area contributed by atoms with Gasteiger partial charge in [-0.3, -0.25) is 0 Å². The summed E-state index contributed by atoms with van der Waals surface area (Å²) in [7, 11) is 0. The quantitative estimate of drug-likeness (QED) is 0.183. The Morgan fingerprint density at radius 2 is 0.692 bits per heavy atom. The summed E-state index contributed by atoms with van der Waals surface area (Å²) in [5, 5.41) is 0. The summed E-state index contributed by atoms with van der Waals surface area (Å²) in [5.41, 5.74) is 0. The van der Waals surface area contributed by atoms with Crippen LogP contribution in [-0.2, 0) is 0 Å². The van der Waals surface area contributed by atoms with Crippen LogP contribution in [0.3, 0.4) is 0 Å². The Kier molecular flexibility index (Phi) is 21.2. The monoisotopic (exact) mass is 367 g/mol. The van der Waals surface area contributed by atoms with E-state index in [4.69, 9.17) is 0 Å². The van der Waals surface area contributed by atoms with Crippen molar-refractivity contribution in [2.24, 2.45) is 0 Å². The summed E-state index contributed by atoms with van der Waals surface area (Å²) in [6.07, 6.45) is 25.9. The zero-order valence-electron chi connectivity index (χ0n) is 19.2. The van der Waals surface area contributed by atoms with Gasteiger partial charge in [0.25, 0.3) is 0 Å². The number of hydrogen-bond acceptors (Lipinski definition) is 1. The van der Waals surface area contributed by atoms with Crippen LogP contribution < -0.4 is 0 Å². The zero-order valence-corrected chi connectivity index (χ0v) is 19.2. The average Bonchev–Trinajstić information content (AvgIpc) is 2.63. The maximum Gasteiger partial charge on any atom is 0.00385 e. The second kappa shape index (κ2) is 21.3. The zero-order chi connectivity index (χ0) is 19.3. The Bertz CT molecular complexity index is 249. The molecule has 0 bridgehead atoms. The first-order valence-corrected chi connectivity index (χ1v) is 12.5. The van der Waals surface area contributed by atoms with Gasteiger partial charge in [0.1, 0.15) is 0 Å². The normalized spacial score (nSPS) is 11.8. The largest absolute Gasteiger partial charge is 0.301 e. The van der Waals surface area contributed by atoms with Gasteiger partial charge in [-0.05, 0) is 39.8 Å². The molecule has 0 radical (unpaired) electrons.